The number of carbonyl (C=O) groups is 2. The van der Waals surface area contributed by atoms with Gasteiger partial charge in [-0.05, 0) is 57.0 Å². The van der Waals surface area contributed by atoms with Crippen LogP contribution < -0.4 is 5.32 Å². The van der Waals surface area contributed by atoms with Crippen LogP contribution in [0.4, 0.5) is 0 Å². The van der Waals surface area contributed by atoms with Crippen LogP contribution in [-0.4, -0.2) is 32.8 Å². The lowest BCUT2D eigenvalue weighted by Gasteiger charge is -2.08. The van der Waals surface area contributed by atoms with Crippen LogP contribution in [0.15, 0.2) is 24.3 Å². The second-order valence-electron chi connectivity index (χ2n) is 5.46. The summed E-state index contributed by atoms with van der Waals surface area (Å²) in [4.78, 5) is 22.8. The quantitative estimate of drug-likeness (QED) is 0.904. The molecular formula is C16H19N3O3. The molecule has 2 N–H and O–H groups in total. The summed E-state index contributed by atoms with van der Waals surface area (Å²) in [5.74, 6) is -1.58. The average molecular weight is 301 g/mol. The van der Waals surface area contributed by atoms with Gasteiger partial charge in [0.2, 0.25) is 0 Å². The van der Waals surface area contributed by atoms with Gasteiger partial charge in [-0.3, -0.25) is 9.59 Å². The van der Waals surface area contributed by atoms with E-state index in [4.69, 9.17) is 5.11 Å². The van der Waals surface area contributed by atoms with Crippen LogP contribution in [0.25, 0.3) is 5.69 Å². The SMILES string of the molecule is Cc1cc(C)cc(-n2nc(C(=O)N[C@H](C)C(=O)O)cc2C)c1. The standard InChI is InChI=1S/C16H19N3O3/c1-9-5-10(2)7-13(6-9)19-11(3)8-14(18-19)15(20)17-12(4)16(21)22/h5-8,12H,1-4H3,(H,17,20)(H,21,22)/t12-/m1/s1. The van der Waals surface area contributed by atoms with Crippen molar-refractivity contribution in [1.82, 2.24) is 15.1 Å². The van der Waals surface area contributed by atoms with E-state index in [2.05, 4.69) is 16.5 Å². The lowest BCUT2D eigenvalue weighted by molar-refractivity contribution is -0.138. The molecule has 1 aromatic carbocycles. The number of benzene rings is 1. The Morgan fingerprint density at radius 3 is 2.27 bits per heavy atom. The van der Waals surface area contributed by atoms with Crippen LogP contribution in [0.5, 0.6) is 0 Å². The maximum absolute atomic E-state index is 12.0. The van der Waals surface area contributed by atoms with Gasteiger partial charge < -0.3 is 10.4 Å². The summed E-state index contributed by atoms with van der Waals surface area (Å²) in [6.45, 7) is 7.26. The highest BCUT2D eigenvalue weighted by atomic mass is 16.4. The first kappa shape index (κ1) is 15.8. The topological polar surface area (TPSA) is 84.2 Å². The molecule has 0 saturated heterocycles. The molecule has 2 aromatic rings. The Kier molecular flexibility index (Phi) is 4.30. The molecule has 1 amide bonds. The van der Waals surface area contributed by atoms with Crippen molar-refractivity contribution in [3.05, 3.63) is 46.8 Å². The van der Waals surface area contributed by atoms with E-state index < -0.39 is 17.9 Å². The van der Waals surface area contributed by atoms with Gasteiger partial charge in [-0.25, -0.2) is 4.68 Å². The van der Waals surface area contributed by atoms with Crippen LogP contribution >= 0.6 is 0 Å². The molecule has 2 rings (SSSR count). The first-order valence-corrected chi connectivity index (χ1v) is 6.97. The van der Waals surface area contributed by atoms with Gasteiger partial charge in [0, 0.05) is 5.69 Å². The van der Waals surface area contributed by atoms with Gasteiger partial charge in [0.05, 0.1) is 5.69 Å². The number of nitrogens with one attached hydrogen (secondary N) is 1. The monoisotopic (exact) mass is 301 g/mol. The summed E-state index contributed by atoms with van der Waals surface area (Å²) in [5.41, 5.74) is 4.09. The van der Waals surface area contributed by atoms with E-state index in [9.17, 15) is 9.59 Å². The molecule has 6 nitrogen and oxygen atoms in total. The van der Waals surface area contributed by atoms with Crippen molar-refractivity contribution in [3.8, 4) is 5.69 Å². The van der Waals surface area contributed by atoms with Crippen molar-refractivity contribution >= 4 is 11.9 Å². The largest absolute Gasteiger partial charge is 0.480 e. The summed E-state index contributed by atoms with van der Waals surface area (Å²) in [5, 5.41) is 15.5. The number of carboxylic acids is 1. The number of aryl methyl sites for hydroxylation is 3. The van der Waals surface area contributed by atoms with Crippen molar-refractivity contribution in [1.29, 1.82) is 0 Å². The number of amides is 1. The van der Waals surface area contributed by atoms with E-state index in [0.717, 1.165) is 22.5 Å². The zero-order valence-electron chi connectivity index (χ0n) is 13.0. The number of carboxylic acid groups (broad SMARTS) is 1. The average Bonchev–Trinajstić information content (AvgIpc) is 2.79. The molecular weight excluding hydrogens is 282 g/mol. The van der Waals surface area contributed by atoms with Gasteiger partial charge in [-0.1, -0.05) is 6.07 Å². The van der Waals surface area contributed by atoms with E-state index >= 15 is 0 Å². The number of hydrogen-bond donors (Lipinski definition) is 2. The van der Waals surface area contributed by atoms with Crippen LogP contribution in [0.3, 0.4) is 0 Å². The van der Waals surface area contributed by atoms with E-state index in [1.54, 1.807) is 10.7 Å². The van der Waals surface area contributed by atoms with Crippen molar-refractivity contribution < 1.29 is 14.7 Å². The third kappa shape index (κ3) is 3.33. The molecule has 6 heteroatoms. The summed E-state index contributed by atoms with van der Waals surface area (Å²) in [6, 6.07) is 6.70. The van der Waals surface area contributed by atoms with Crippen LogP contribution in [0, 0.1) is 20.8 Å². The molecule has 1 heterocycles. The fraction of sp³-hybridized carbons (Fsp3) is 0.312. The van der Waals surface area contributed by atoms with Gasteiger partial charge in [-0.15, -0.1) is 0 Å². The van der Waals surface area contributed by atoms with E-state index in [0.29, 0.717) is 0 Å². The van der Waals surface area contributed by atoms with E-state index in [-0.39, 0.29) is 5.69 Å². The Hall–Kier alpha value is -2.63. The molecule has 0 aliphatic rings. The van der Waals surface area contributed by atoms with Crippen LogP contribution in [-0.2, 0) is 4.79 Å². The predicted molar refractivity (Wildman–Crippen MR) is 82.3 cm³/mol. The molecule has 0 spiro atoms. The lowest BCUT2D eigenvalue weighted by Crippen LogP contribution is -2.38. The second-order valence-corrected chi connectivity index (χ2v) is 5.46. The van der Waals surface area contributed by atoms with Crippen LogP contribution in [0.1, 0.15) is 34.2 Å². The molecule has 116 valence electrons. The zero-order chi connectivity index (χ0) is 16.4. The van der Waals surface area contributed by atoms with Gasteiger partial charge >= 0.3 is 5.97 Å². The number of rotatable bonds is 4. The molecule has 0 radical (unpaired) electrons. The minimum Gasteiger partial charge on any atom is -0.480 e. The molecule has 0 aliphatic carbocycles. The number of carbonyl (C=O) groups excluding carboxylic acids is 1. The van der Waals surface area contributed by atoms with Gasteiger partial charge in [0.15, 0.2) is 5.69 Å². The third-order valence-electron chi connectivity index (χ3n) is 3.29. The highest BCUT2D eigenvalue weighted by molar-refractivity contribution is 5.95. The highest BCUT2D eigenvalue weighted by Crippen LogP contribution is 2.16. The smallest absolute Gasteiger partial charge is 0.325 e. The Bertz CT molecular complexity index is 714. The molecule has 0 aliphatic heterocycles. The van der Waals surface area contributed by atoms with Gasteiger partial charge in [0.25, 0.3) is 5.91 Å². The minimum atomic E-state index is -1.08. The van der Waals surface area contributed by atoms with Crippen molar-refractivity contribution in [2.45, 2.75) is 33.7 Å². The zero-order valence-corrected chi connectivity index (χ0v) is 13.0. The second kappa shape index (κ2) is 6.01. The molecule has 1 aromatic heterocycles. The summed E-state index contributed by atoms with van der Waals surface area (Å²) in [6.07, 6.45) is 0. The van der Waals surface area contributed by atoms with Crippen LogP contribution in [0.2, 0.25) is 0 Å². The Morgan fingerprint density at radius 1 is 1.14 bits per heavy atom. The number of nitrogens with zero attached hydrogens (tertiary/aromatic N) is 2. The predicted octanol–water partition coefficient (Wildman–Crippen LogP) is 2.00. The Balaban J connectivity index is 2.32. The van der Waals surface area contributed by atoms with E-state index in [1.807, 2.05) is 32.9 Å². The minimum absolute atomic E-state index is 0.199. The molecule has 22 heavy (non-hydrogen) atoms. The highest BCUT2D eigenvalue weighted by Gasteiger charge is 2.18. The van der Waals surface area contributed by atoms with Gasteiger partial charge in [0.1, 0.15) is 6.04 Å². The molecule has 1 atom stereocenters. The summed E-state index contributed by atoms with van der Waals surface area (Å²) < 4.78 is 1.68. The fourth-order valence-electron chi connectivity index (χ4n) is 2.25. The fourth-order valence-corrected chi connectivity index (χ4v) is 2.25. The third-order valence-corrected chi connectivity index (χ3v) is 3.29. The number of aromatic nitrogens is 2. The maximum Gasteiger partial charge on any atom is 0.325 e. The lowest BCUT2D eigenvalue weighted by atomic mass is 10.1. The summed E-state index contributed by atoms with van der Waals surface area (Å²) >= 11 is 0. The van der Waals surface area contributed by atoms with Gasteiger partial charge in [-0.2, -0.15) is 5.10 Å². The normalized spacial score (nSPS) is 12.0. The number of hydrogen-bond acceptors (Lipinski definition) is 3. The Morgan fingerprint density at radius 2 is 1.73 bits per heavy atom. The molecule has 0 unspecified atom stereocenters. The van der Waals surface area contributed by atoms with Crippen molar-refractivity contribution in [3.63, 3.8) is 0 Å². The number of aliphatic carboxylic acids is 1. The maximum atomic E-state index is 12.0. The van der Waals surface area contributed by atoms with Crippen molar-refractivity contribution in [2.24, 2.45) is 0 Å². The summed E-state index contributed by atoms with van der Waals surface area (Å²) in [7, 11) is 0. The van der Waals surface area contributed by atoms with Crippen molar-refractivity contribution in [2.75, 3.05) is 0 Å². The first-order valence-electron chi connectivity index (χ1n) is 6.97. The molecule has 0 fully saturated rings. The first-order chi connectivity index (χ1) is 10.3. The Labute approximate surface area is 128 Å². The molecule has 0 bridgehead atoms. The molecule has 0 saturated carbocycles. The van der Waals surface area contributed by atoms with E-state index in [1.165, 1.54) is 6.92 Å².